The molecule has 19 heavy (non-hydrogen) atoms. The minimum Gasteiger partial charge on any atom is -0.379 e. The third-order valence-corrected chi connectivity index (χ3v) is 2.88. The molecule has 0 aliphatic carbocycles. The number of hydrogen-bond acceptors (Lipinski definition) is 5. The fraction of sp³-hybridized carbons (Fsp3) is 0.909. The van der Waals surface area contributed by atoms with Gasteiger partial charge in [0.25, 0.3) is 0 Å². The van der Waals surface area contributed by atoms with Crippen molar-refractivity contribution < 1.29 is 23.6 Å². The van der Waals surface area contributed by atoms with Gasteiger partial charge in [0.05, 0.1) is 6.61 Å². The Bertz CT molecular complexity index is 307. The molecule has 0 radical (unpaired) electrons. The zero-order valence-corrected chi connectivity index (χ0v) is 13.2. The maximum Gasteiger partial charge on any atom is 0.476 e. The lowest BCUT2D eigenvalue weighted by atomic mass is 10.1. The molecule has 0 heterocycles. The van der Waals surface area contributed by atoms with Crippen molar-refractivity contribution in [2.45, 2.75) is 52.5 Å². The normalized spacial score (nSPS) is 16.1. The average molecular weight is 316 g/mol. The van der Waals surface area contributed by atoms with Crippen LogP contribution in [-0.4, -0.2) is 23.5 Å². The predicted molar refractivity (Wildman–Crippen MR) is 73.6 cm³/mol. The highest BCUT2D eigenvalue weighted by atomic mass is 35.7. The van der Waals surface area contributed by atoms with Crippen LogP contribution in [-0.2, 0) is 18.7 Å². The Hall–Kier alpha value is -0.130. The van der Waals surface area contributed by atoms with Crippen molar-refractivity contribution in [1.29, 1.82) is 0 Å². The molecule has 0 aromatic rings. The van der Waals surface area contributed by atoms with Crippen molar-refractivity contribution in [3.63, 3.8) is 0 Å². The number of halogens is 1. The maximum absolute atomic E-state index is 11.6. The zero-order chi connectivity index (χ0) is 14.9. The van der Waals surface area contributed by atoms with E-state index in [2.05, 4.69) is 16.9 Å². The molecule has 0 aromatic carbocycles. The first-order valence-electron chi connectivity index (χ1n) is 6.39. The Balaban J connectivity index is 4.22. The summed E-state index contributed by atoms with van der Waals surface area (Å²) in [4.78, 5) is 25.6. The molecule has 8 heteroatoms. The summed E-state index contributed by atoms with van der Waals surface area (Å²) in [5, 5.41) is 0. The van der Waals surface area contributed by atoms with Crippen molar-refractivity contribution in [3.8, 4) is 0 Å². The largest absolute Gasteiger partial charge is 0.476 e. The van der Waals surface area contributed by atoms with Gasteiger partial charge in [0, 0.05) is 11.2 Å². The van der Waals surface area contributed by atoms with Crippen LogP contribution in [0, 0.1) is 5.92 Å². The van der Waals surface area contributed by atoms with E-state index in [1.165, 1.54) is 0 Å². The van der Waals surface area contributed by atoms with Crippen LogP contribution in [0.15, 0.2) is 0 Å². The molecule has 0 saturated carbocycles. The minimum atomic E-state index is -4.34. The molecule has 0 amide bonds. The monoisotopic (exact) mass is 315 g/mol. The van der Waals surface area contributed by atoms with E-state index in [1.807, 2.05) is 13.8 Å². The van der Waals surface area contributed by atoms with Gasteiger partial charge in [0.15, 0.2) is 0 Å². The fourth-order valence-corrected chi connectivity index (χ4v) is 1.98. The molecule has 0 aromatic heterocycles. The molecule has 0 fully saturated rings. The summed E-state index contributed by atoms with van der Waals surface area (Å²) in [5.41, 5.74) is 2.57. The molecule has 0 bridgehead atoms. The van der Waals surface area contributed by atoms with Crippen LogP contribution in [0.3, 0.4) is 0 Å². The smallest absolute Gasteiger partial charge is 0.379 e. The molecule has 114 valence electrons. The summed E-state index contributed by atoms with van der Waals surface area (Å²) in [7, 11) is 0. The fourth-order valence-electron chi connectivity index (χ4n) is 1.42. The van der Waals surface area contributed by atoms with Gasteiger partial charge in [0.1, 0.15) is 6.04 Å². The maximum atomic E-state index is 11.6. The van der Waals surface area contributed by atoms with Crippen molar-refractivity contribution in [2.75, 3.05) is 6.61 Å². The summed E-state index contributed by atoms with van der Waals surface area (Å²) in [5.74, 6) is -0.692. The molecular weight excluding hydrogens is 293 g/mol. The lowest BCUT2D eigenvalue weighted by molar-refractivity contribution is -0.142. The van der Waals surface area contributed by atoms with Crippen LogP contribution in [0.5, 0.6) is 0 Å². The molecule has 0 saturated heterocycles. The number of nitrogens with one attached hydrogen (secondary N) is 1. The number of carbonyl (C=O) groups is 1. The molecular formula is C11H23ClNO5P. The van der Waals surface area contributed by atoms with Gasteiger partial charge in [-0.1, -0.05) is 33.6 Å². The number of carbonyl (C=O) groups excluding carboxylic acids is 1. The van der Waals surface area contributed by atoms with Gasteiger partial charge in [-0.05, 0) is 18.8 Å². The number of rotatable bonds is 10. The minimum absolute atomic E-state index is 0.192. The van der Waals surface area contributed by atoms with Crippen LogP contribution in [0.4, 0.5) is 0 Å². The summed E-state index contributed by atoms with van der Waals surface area (Å²) in [6.07, 6.45) is 3.40. The lowest BCUT2D eigenvalue weighted by Gasteiger charge is -2.19. The zero-order valence-electron chi connectivity index (χ0n) is 11.6. The topological polar surface area (TPSA) is 84.9 Å². The standard InChI is InChI=1S/C11H23ClNO5P/c1-4-5-6-7-17-13-10(8-9(2)3)11(14)18-19(12,15)16/h9-10,13H,4-8H2,1-3H3,(H,15,16)/t10-/m0/s1. The number of hydroxylamine groups is 1. The second kappa shape index (κ2) is 9.72. The first-order valence-corrected chi connectivity index (χ1v) is 8.87. The number of unbranched alkanes of at least 4 members (excludes halogenated alkanes) is 2. The quantitative estimate of drug-likeness (QED) is 0.366. The molecule has 0 aliphatic heterocycles. The molecule has 2 N–H and O–H groups in total. The Morgan fingerprint density at radius 3 is 2.53 bits per heavy atom. The Morgan fingerprint density at radius 2 is 2.05 bits per heavy atom. The lowest BCUT2D eigenvalue weighted by Crippen LogP contribution is -2.38. The first kappa shape index (κ1) is 18.9. The second-order valence-corrected chi connectivity index (χ2v) is 7.08. The highest BCUT2D eigenvalue weighted by Gasteiger charge is 2.28. The highest BCUT2D eigenvalue weighted by molar-refractivity contribution is 7.80. The molecule has 0 spiro atoms. The van der Waals surface area contributed by atoms with E-state index in [4.69, 9.17) is 21.0 Å². The number of hydrogen-bond donors (Lipinski definition) is 2. The van der Waals surface area contributed by atoms with E-state index in [1.54, 1.807) is 0 Å². The summed E-state index contributed by atoms with van der Waals surface area (Å²) < 4.78 is 15.1. The molecule has 0 rings (SSSR count). The van der Waals surface area contributed by atoms with Crippen molar-refractivity contribution in [2.24, 2.45) is 5.92 Å². The summed E-state index contributed by atoms with van der Waals surface area (Å²) in [6.45, 7) is 2.03. The SMILES string of the molecule is CCCCCON[C@@H](CC(C)C)C(=O)OP(=O)(O)Cl. The van der Waals surface area contributed by atoms with Gasteiger partial charge in [0.2, 0.25) is 0 Å². The van der Waals surface area contributed by atoms with Gasteiger partial charge in [-0.2, -0.15) is 5.48 Å². The predicted octanol–water partition coefficient (Wildman–Crippen LogP) is 2.99. The van der Waals surface area contributed by atoms with E-state index < -0.39 is 19.0 Å². The van der Waals surface area contributed by atoms with Crippen LogP contribution in [0.2, 0.25) is 0 Å². The van der Waals surface area contributed by atoms with Crippen LogP contribution in [0.1, 0.15) is 46.5 Å². The van der Waals surface area contributed by atoms with Gasteiger partial charge in [-0.15, -0.1) is 0 Å². The van der Waals surface area contributed by atoms with Crippen LogP contribution < -0.4 is 5.48 Å². The van der Waals surface area contributed by atoms with Gasteiger partial charge in [-0.3, -0.25) is 0 Å². The Kier molecular flexibility index (Phi) is 9.66. The van der Waals surface area contributed by atoms with E-state index in [0.717, 1.165) is 19.3 Å². The highest BCUT2D eigenvalue weighted by Crippen LogP contribution is 2.47. The Morgan fingerprint density at radius 1 is 1.42 bits per heavy atom. The van der Waals surface area contributed by atoms with Crippen LogP contribution >= 0.6 is 18.2 Å². The van der Waals surface area contributed by atoms with Crippen molar-refractivity contribution in [3.05, 3.63) is 0 Å². The molecule has 0 aliphatic rings. The Labute approximate surface area is 119 Å². The molecule has 6 nitrogen and oxygen atoms in total. The third-order valence-electron chi connectivity index (χ3n) is 2.27. The average Bonchev–Trinajstić information content (AvgIpc) is 2.24. The molecule has 1 unspecified atom stereocenters. The third kappa shape index (κ3) is 11.4. The van der Waals surface area contributed by atoms with Crippen molar-refractivity contribution in [1.82, 2.24) is 5.48 Å². The van der Waals surface area contributed by atoms with E-state index in [-0.39, 0.29) is 5.92 Å². The van der Waals surface area contributed by atoms with Crippen molar-refractivity contribution >= 4 is 24.2 Å². The first-order chi connectivity index (χ1) is 8.76. The second-order valence-electron chi connectivity index (χ2n) is 4.72. The molecule has 2 atom stereocenters. The van der Waals surface area contributed by atoms with Gasteiger partial charge < -0.3 is 14.3 Å². The van der Waals surface area contributed by atoms with E-state index in [0.29, 0.717) is 13.0 Å². The van der Waals surface area contributed by atoms with Gasteiger partial charge in [-0.25, -0.2) is 9.36 Å². The van der Waals surface area contributed by atoms with E-state index >= 15 is 0 Å². The van der Waals surface area contributed by atoms with Crippen LogP contribution in [0.25, 0.3) is 0 Å². The summed E-state index contributed by atoms with van der Waals surface area (Å²) in [6, 6.07) is -0.805. The van der Waals surface area contributed by atoms with Gasteiger partial charge >= 0.3 is 12.9 Å². The summed E-state index contributed by atoms with van der Waals surface area (Å²) >= 11 is 5.01. The van der Waals surface area contributed by atoms with E-state index in [9.17, 15) is 9.36 Å².